The average Bonchev–Trinajstić information content (AvgIpc) is 1.74. The van der Waals surface area contributed by atoms with Crippen LogP contribution in [0.25, 0.3) is 0 Å². The fourth-order valence-corrected chi connectivity index (χ4v) is 3.10. The predicted molar refractivity (Wildman–Crippen MR) is 63.2 cm³/mol. The topological polar surface area (TPSA) is 37.4 Å². The molecule has 1 heterocycles. The number of hydrogen-bond acceptors (Lipinski definition) is 2. The highest BCUT2D eigenvalue weighted by molar-refractivity contribution is 7.90. The maximum Gasteiger partial charge on any atom is 0.219 e. The van der Waals surface area contributed by atoms with Crippen LogP contribution in [-0.4, -0.2) is 30.6 Å². The monoisotopic (exact) mass is 233 g/mol. The van der Waals surface area contributed by atoms with Crippen LogP contribution in [-0.2, 0) is 10.0 Å². The van der Waals surface area contributed by atoms with E-state index in [4.69, 9.17) is 0 Å². The summed E-state index contributed by atoms with van der Waals surface area (Å²) in [6, 6.07) is 0. The summed E-state index contributed by atoms with van der Waals surface area (Å²) in [5.74, 6) is 0.495. The Morgan fingerprint density at radius 3 is 1.67 bits per heavy atom. The molecule has 15 heavy (non-hydrogen) atoms. The highest BCUT2D eigenvalue weighted by Gasteiger charge is 2.45. The Kier molecular flexibility index (Phi) is 2.99. The first-order valence-corrected chi connectivity index (χ1v) is 6.90. The molecule has 0 spiro atoms. The molecule has 0 bridgehead atoms. The summed E-state index contributed by atoms with van der Waals surface area (Å²) in [5.41, 5.74) is 0.212. The smallest absolute Gasteiger partial charge is 0.212 e. The zero-order valence-electron chi connectivity index (χ0n) is 10.7. The van der Waals surface area contributed by atoms with Gasteiger partial charge in [-0.2, -0.15) is 0 Å². The van der Waals surface area contributed by atoms with Crippen LogP contribution in [0.5, 0.6) is 0 Å². The second-order valence-electron chi connectivity index (χ2n) is 6.50. The Morgan fingerprint density at radius 2 is 1.40 bits per heavy atom. The molecule has 0 aromatic carbocycles. The maximum absolute atomic E-state index is 12.0. The summed E-state index contributed by atoms with van der Waals surface area (Å²) in [5, 5.41) is 0. The molecular formula is C11H23NO2S. The van der Waals surface area contributed by atoms with Crippen LogP contribution in [0.3, 0.4) is 0 Å². The van der Waals surface area contributed by atoms with E-state index in [2.05, 4.69) is 20.8 Å². The van der Waals surface area contributed by atoms with Crippen LogP contribution < -0.4 is 0 Å². The SMILES string of the molecule is CC(C)(C)C1CN(S(=O)(=O)C(C)(C)C)C1. The molecule has 0 aromatic rings. The predicted octanol–water partition coefficient (Wildman–Crippen LogP) is 2.09. The third kappa shape index (κ3) is 2.36. The van der Waals surface area contributed by atoms with Gasteiger partial charge in [0.05, 0.1) is 4.75 Å². The van der Waals surface area contributed by atoms with Crippen molar-refractivity contribution in [3.63, 3.8) is 0 Å². The van der Waals surface area contributed by atoms with Crippen molar-refractivity contribution in [3.05, 3.63) is 0 Å². The van der Waals surface area contributed by atoms with Crippen LogP contribution in [0, 0.1) is 11.3 Å². The van der Waals surface area contributed by atoms with E-state index in [0.717, 1.165) is 0 Å². The lowest BCUT2D eigenvalue weighted by molar-refractivity contribution is 0.0867. The van der Waals surface area contributed by atoms with E-state index < -0.39 is 14.8 Å². The Bertz CT molecular complexity index is 327. The molecule has 0 aromatic heterocycles. The fraction of sp³-hybridized carbons (Fsp3) is 1.00. The van der Waals surface area contributed by atoms with Gasteiger partial charge in [0.15, 0.2) is 0 Å². The van der Waals surface area contributed by atoms with Gasteiger partial charge in [0.1, 0.15) is 0 Å². The van der Waals surface area contributed by atoms with Crippen molar-refractivity contribution in [2.75, 3.05) is 13.1 Å². The van der Waals surface area contributed by atoms with Crippen LogP contribution in [0.2, 0.25) is 0 Å². The van der Waals surface area contributed by atoms with Crippen LogP contribution in [0.1, 0.15) is 41.5 Å². The van der Waals surface area contributed by atoms with Crippen molar-refractivity contribution in [2.24, 2.45) is 11.3 Å². The maximum atomic E-state index is 12.0. The Morgan fingerprint density at radius 1 is 1.00 bits per heavy atom. The number of sulfonamides is 1. The van der Waals surface area contributed by atoms with Crippen molar-refractivity contribution in [3.8, 4) is 0 Å². The first kappa shape index (κ1) is 13.0. The molecule has 1 rings (SSSR count). The Hall–Kier alpha value is -0.0900. The van der Waals surface area contributed by atoms with E-state index in [1.165, 1.54) is 0 Å². The van der Waals surface area contributed by atoms with Gasteiger partial charge in [-0.3, -0.25) is 0 Å². The molecular weight excluding hydrogens is 210 g/mol. The zero-order chi connectivity index (χ0) is 12.1. The summed E-state index contributed by atoms with van der Waals surface area (Å²) in [7, 11) is -3.10. The lowest BCUT2D eigenvalue weighted by Crippen LogP contribution is -2.58. The normalized spacial score (nSPS) is 21.5. The quantitative estimate of drug-likeness (QED) is 0.695. The van der Waals surface area contributed by atoms with E-state index in [1.807, 2.05) is 0 Å². The van der Waals surface area contributed by atoms with Crippen molar-refractivity contribution in [1.29, 1.82) is 0 Å². The highest BCUT2D eigenvalue weighted by Crippen LogP contribution is 2.37. The fourth-order valence-electron chi connectivity index (χ4n) is 1.57. The van der Waals surface area contributed by atoms with Crippen LogP contribution in [0.15, 0.2) is 0 Å². The Labute approximate surface area is 93.9 Å². The van der Waals surface area contributed by atoms with Crippen LogP contribution >= 0.6 is 0 Å². The summed E-state index contributed by atoms with van der Waals surface area (Å²) in [4.78, 5) is 0. The lowest BCUT2D eigenvalue weighted by atomic mass is 9.77. The van der Waals surface area contributed by atoms with E-state index in [-0.39, 0.29) is 5.41 Å². The number of rotatable bonds is 1. The van der Waals surface area contributed by atoms with Gasteiger partial charge in [-0.1, -0.05) is 20.8 Å². The van der Waals surface area contributed by atoms with Crippen LogP contribution in [0.4, 0.5) is 0 Å². The van der Waals surface area contributed by atoms with Gasteiger partial charge in [-0.05, 0) is 32.1 Å². The van der Waals surface area contributed by atoms with Gasteiger partial charge in [0, 0.05) is 13.1 Å². The van der Waals surface area contributed by atoms with Gasteiger partial charge in [-0.25, -0.2) is 12.7 Å². The van der Waals surface area contributed by atoms with Crippen molar-refractivity contribution < 1.29 is 8.42 Å². The third-order valence-electron chi connectivity index (χ3n) is 3.19. The molecule has 1 saturated heterocycles. The minimum atomic E-state index is -3.10. The summed E-state index contributed by atoms with van der Waals surface area (Å²) < 4.78 is 25.0. The van der Waals surface area contributed by atoms with Gasteiger partial charge in [-0.15, -0.1) is 0 Å². The van der Waals surface area contributed by atoms with Gasteiger partial charge in [0.2, 0.25) is 10.0 Å². The van der Waals surface area contributed by atoms with Gasteiger partial charge < -0.3 is 0 Å². The van der Waals surface area contributed by atoms with Gasteiger partial charge in [0.25, 0.3) is 0 Å². The highest BCUT2D eigenvalue weighted by atomic mass is 32.2. The molecule has 0 N–H and O–H groups in total. The van der Waals surface area contributed by atoms with E-state index >= 15 is 0 Å². The number of hydrogen-bond donors (Lipinski definition) is 0. The standard InChI is InChI=1S/C11H23NO2S/c1-10(2,3)9-7-12(8-9)15(13,14)11(4,5)6/h9H,7-8H2,1-6H3. The van der Waals surface area contributed by atoms with E-state index in [0.29, 0.717) is 19.0 Å². The van der Waals surface area contributed by atoms with E-state index in [1.54, 1.807) is 25.1 Å². The molecule has 1 fully saturated rings. The average molecular weight is 233 g/mol. The zero-order valence-corrected chi connectivity index (χ0v) is 11.5. The first-order chi connectivity index (χ1) is 6.46. The molecule has 1 aliphatic heterocycles. The van der Waals surface area contributed by atoms with Crippen molar-refractivity contribution in [2.45, 2.75) is 46.3 Å². The van der Waals surface area contributed by atoms with Crippen molar-refractivity contribution in [1.82, 2.24) is 4.31 Å². The molecule has 0 saturated carbocycles. The van der Waals surface area contributed by atoms with Gasteiger partial charge >= 0.3 is 0 Å². The molecule has 0 aliphatic carbocycles. The number of nitrogens with zero attached hydrogens (tertiary/aromatic N) is 1. The molecule has 90 valence electrons. The minimum absolute atomic E-state index is 0.212. The largest absolute Gasteiger partial charge is 0.219 e. The van der Waals surface area contributed by atoms with E-state index in [9.17, 15) is 8.42 Å². The second kappa shape index (κ2) is 3.45. The first-order valence-electron chi connectivity index (χ1n) is 5.46. The molecule has 0 amide bonds. The molecule has 0 radical (unpaired) electrons. The molecule has 0 unspecified atom stereocenters. The van der Waals surface area contributed by atoms with Crippen molar-refractivity contribution >= 4 is 10.0 Å². The second-order valence-corrected chi connectivity index (χ2v) is 9.19. The third-order valence-corrected chi connectivity index (χ3v) is 5.71. The summed E-state index contributed by atoms with van der Waals surface area (Å²) in [6.45, 7) is 13.1. The summed E-state index contributed by atoms with van der Waals surface area (Å²) in [6.07, 6.45) is 0. The molecule has 4 heteroatoms. The lowest BCUT2D eigenvalue weighted by Gasteiger charge is -2.47. The minimum Gasteiger partial charge on any atom is -0.212 e. The molecule has 0 atom stereocenters. The Balaban J connectivity index is 2.68. The molecule has 3 nitrogen and oxygen atoms in total. The summed E-state index contributed by atoms with van der Waals surface area (Å²) >= 11 is 0. The molecule has 1 aliphatic rings.